The average molecular weight is 199 g/mol. The van der Waals surface area contributed by atoms with Crippen LogP contribution in [0, 0.1) is 0 Å². The minimum absolute atomic E-state index is 0.109. The summed E-state index contributed by atoms with van der Waals surface area (Å²) in [6.07, 6.45) is 1.03. The number of β-lactam (4-membered cyclic amide) rings is 1. The van der Waals surface area contributed by atoms with Crippen molar-refractivity contribution >= 4 is 5.91 Å². The second kappa shape index (κ2) is 4.75. The van der Waals surface area contributed by atoms with E-state index in [-0.39, 0.29) is 11.9 Å². The monoisotopic (exact) mass is 199 g/mol. The van der Waals surface area contributed by atoms with Crippen molar-refractivity contribution in [3.63, 3.8) is 0 Å². The van der Waals surface area contributed by atoms with Crippen molar-refractivity contribution in [3.05, 3.63) is 0 Å². The molecule has 0 bridgehead atoms. The van der Waals surface area contributed by atoms with Gasteiger partial charge in [0, 0.05) is 19.1 Å². The lowest BCUT2D eigenvalue weighted by atomic mass is 10.1. The van der Waals surface area contributed by atoms with E-state index >= 15 is 0 Å². The number of rotatable bonds is 5. The number of likely N-dealkylation sites (tertiary alicyclic amines) is 1. The fourth-order valence-corrected chi connectivity index (χ4v) is 1.50. The Kier molecular flexibility index (Phi) is 3.89. The van der Waals surface area contributed by atoms with E-state index in [4.69, 9.17) is 5.73 Å². The smallest absolute Gasteiger partial charge is 0.241 e. The highest BCUT2D eigenvalue weighted by Gasteiger charge is 2.32. The van der Waals surface area contributed by atoms with Crippen LogP contribution in [0.25, 0.3) is 0 Å². The summed E-state index contributed by atoms with van der Waals surface area (Å²) in [7, 11) is 2.11. The van der Waals surface area contributed by atoms with Crippen LogP contribution in [0.2, 0.25) is 0 Å². The van der Waals surface area contributed by atoms with Crippen LogP contribution >= 0.6 is 0 Å². The van der Waals surface area contributed by atoms with E-state index in [1.54, 1.807) is 0 Å². The molecule has 1 rings (SSSR count). The van der Waals surface area contributed by atoms with Crippen LogP contribution in [0.5, 0.6) is 0 Å². The zero-order chi connectivity index (χ0) is 10.7. The van der Waals surface area contributed by atoms with Crippen molar-refractivity contribution < 1.29 is 4.79 Å². The Labute approximate surface area is 86.0 Å². The van der Waals surface area contributed by atoms with Crippen LogP contribution < -0.4 is 5.73 Å². The number of nitrogens with two attached hydrogens (primary N) is 1. The molecule has 0 saturated carbocycles. The van der Waals surface area contributed by atoms with Crippen molar-refractivity contribution in [2.24, 2.45) is 5.73 Å². The average Bonchev–Trinajstić information content (AvgIpc) is 2.15. The van der Waals surface area contributed by atoms with Gasteiger partial charge in [-0.05, 0) is 33.9 Å². The van der Waals surface area contributed by atoms with Gasteiger partial charge in [0.15, 0.2) is 0 Å². The standard InChI is InChI=1S/C10H21N3O/c1-8(2)12(3)5-4-6-13-7-9(11)10(13)14/h8-9H,4-7,11H2,1-3H3. The summed E-state index contributed by atoms with van der Waals surface area (Å²) in [6.45, 7) is 6.97. The molecule has 4 heteroatoms. The summed E-state index contributed by atoms with van der Waals surface area (Å²) in [4.78, 5) is 15.3. The molecule has 0 aromatic carbocycles. The van der Waals surface area contributed by atoms with Gasteiger partial charge in [-0.15, -0.1) is 0 Å². The summed E-state index contributed by atoms with van der Waals surface area (Å²) in [5.74, 6) is 0.109. The lowest BCUT2D eigenvalue weighted by Gasteiger charge is -2.36. The van der Waals surface area contributed by atoms with Gasteiger partial charge in [0.05, 0.1) is 0 Å². The molecule has 0 aromatic heterocycles. The molecular weight excluding hydrogens is 178 g/mol. The molecular formula is C10H21N3O. The number of amides is 1. The van der Waals surface area contributed by atoms with Gasteiger partial charge in [0.1, 0.15) is 6.04 Å². The molecule has 1 aliphatic rings. The number of hydrogen-bond acceptors (Lipinski definition) is 3. The quantitative estimate of drug-likeness (QED) is 0.628. The van der Waals surface area contributed by atoms with Gasteiger partial charge in [-0.1, -0.05) is 0 Å². The predicted molar refractivity (Wildman–Crippen MR) is 56.9 cm³/mol. The van der Waals surface area contributed by atoms with Crippen molar-refractivity contribution in [2.45, 2.75) is 32.4 Å². The Morgan fingerprint density at radius 1 is 1.64 bits per heavy atom. The first kappa shape index (κ1) is 11.5. The third kappa shape index (κ3) is 2.69. The number of hydrogen-bond donors (Lipinski definition) is 1. The predicted octanol–water partition coefficient (Wildman–Crippen LogP) is -0.114. The van der Waals surface area contributed by atoms with Gasteiger partial charge in [0.2, 0.25) is 5.91 Å². The Balaban J connectivity index is 2.08. The summed E-state index contributed by atoms with van der Waals surface area (Å²) in [6, 6.07) is 0.349. The molecule has 1 amide bonds. The molecule has 2 N–H and O–H groups in total. The van der Waals surface area contributed by atoms with E-state index < -0.39 is 0 Å². The third-order valence-electron chi connectivity index (χ3n) is 2.87. The second-order valence-electron chi connectivity index (χ2n) is 4.32. The second-order valence-corrected chi connectivity index (χ2v) is 4.32. The molecule has 82 valence electrons. The van der Waals surface area contributed by atoms with Crippen LogP contribution in [-0.2, 0) is 4.79 Å². The van der Waals surface area contributed by atoms with Crippen molar-refractivity contribution in [3.8, 4) is 0 Å². The summed E-state index contributed by atoms with van der Waals surface area (Å²) < 4.78 is 0. The molecule has 0 radical (unpaired) electrons. The van der Waals surface area contributed by atoms with E-state index in [1.807, 2.05) is 4.90 Å². The first-order valence-electron chi connectivity index (χ1n) is 5.27. The molecule has 1 atom stereocenters. The van der Waals surface area contributed by atoms with E-state index in [0.29, 0.717) is 6.04 Å². The fourth-order valence-electron chi connectivity index (χ4n) is 1.50. The molecule has 1 fully saturated rings. The molecule has 1 unspecified atom stereocenters. The zero-order valence-corrected chi connectivity index (χ0v) is 9.36. The largest absolute Gasteiger partial charge is 0.339 e. The Bertz CT molecular complexity index is 206. The maximum absolute atomic E-state index is 11.2. The highest BCUT2D eigenvalue weighted by molar-refractivity contribution is 5.87. The number of carbonyl (C=O) groups excluding carboxylic acids is 1. The van der Waals surface area contributed by atoms with Crippen LogP contribution in [0.4, 0.5) is 0 Å². The molecule has 14 heavy (non-hydrogen) atoms. The Morgan fingerprint density at radius 3 is 2.71 bits per heavy atom. The normalized spacial score (nSPS) is 22.0. The van der Waals surface area contributed by atoms with Gasteiger partial charge in [-0.2, -0.15) is 0 Å². The maximum Gasteiger partial charge on any atom is 0.241 e. The number of carbonyl (C=O) groups is 1. The van der Waals surface area contributed by atoms with Crippen LogP contribution in [0.15, 0.2) is 0 Å². The topological polar surface area (TPSA) is 49.6 Å². The molecule has 0 aliphatic carbocycles. The Morgan fingerprint density at radius 2 is 2.29 bits per heavy atom. The molecule has 4 nitrogen and oxygen atoms in total. The minimum atomic E-state index is -0.224. The first-order chi connectivity index (χ1) is 6.52. The molecule has 0 spiro atoms. The van der Waals surface area contributed by atoms with Crippen molar-refractivity contribution in [1.29, 1.82) is 0 Å². The summed E-state index contributed by atoms with van der Waals surface area (Å²) in [5, 5.41) is 0. The van der Waals surface area contributed by atoms with Crippen LogP contribution in [0.1, 0.15) is 20.3 Å². The lowest BCUT2D eigenvalue weighted by Crippen LogP contribution is -2.61. The van der Waals surface area contributed by atoms with Gasteiger partial charge >= 0.3 is 0 Å². The van der Waals surface area contributed by atoms with Gasteiger partial charge in [0.25, 0.3) is 0 Å². The Hall–Kier alpha value is -0.610. The van der Waals surface area contributed by atoms with E-state index in [1.165, 1.54) is 0 Å². The first-order valence-corrected chi connectivity index (χ1v) is 5.27. The third-order valence-corrected chi connectivity index (χ3v) is 2.87. The van der Waals surface area contributed by atoms with Gasteiger partial charge < -0.3 is 15.5 Å². The van der Waals surface area contributed by atoms with E-state index in [2.05, 4.69) is 25.8 Å². The molecule has 1 heterocycles. The highest BCUT2D eigenvalue weighted by Crippen LogP contribution is 2.08. The molecule has 0 aromatic rings. The molecule has 1 saturated heterocycles. The summed E-state index contributed by atoms with van der Waals surface area (Å²) in [5.41, 5.74) is 5.49. The lowest BCUT2D eigenvalue weighted by molar-refractivity contribution is -0.142. The van der Waals surface area contributed by atoms with E-state index in [9.17, 15) is 4.79 Å². The minimum Gasteiger partial charge on any atom is -0.339 e. The maximum atomic E-state index is 11.2. The van der Waals surface area contributed by atoms with Crippen molar-refractivity contribution in [1.82, 2.24) is 9.80 Å². The SMILES string of the molecule is CC(C)N(C)CCCN1CC(N)C1=O. The van der Waals surface area contributed by atoms with Crippen LogP contribution in [-0.4, -0.2) is 54.5 Å². The van der Waals surface area contributed by atoms with Gasteiger partial charge in [-0.3, -0.25) is 4.79 Å². The molecule has 1 aliphatic heterocycles. The zero-order valence-electron chi connectivity index (χ0n) is 9.36. The number of nitrogens with zero attached hydrogens (tertiary/aromatic N) is 2. The highest BCUT2D eigenvalue weighted by atomic mass is 16.2. The van der Waals surface area contributed by atoms with Crippen LogP contribution in [0.3, 0.4) is 0 Å². The summed E-state index contributed by atoms with van der Waals surface area (Å²) >= 11 is 0. The van der Waals surface area contributed by atoms with Gasteiger partial charge in [-0.25, -0.2) is 0 Å². The van der Waals surface area contributed by atoms with E-state index in [0.717, 1.165) is 26.1 Å². The fraction of sp³-hybridized carbons (Fsp3) is 0.900. The van der Waals surface area contributed by atoms with Crippen molar-refractivity contribution in [2.75, 3.05) is 26.7 Å².